The Morgan fingerprint density at radius 3 is 2.35 bits per heavy atom. The van der Waals surface area contributed by atoms with Gasteiger partial charge < -0.3 is 4.90 Å². The van der Waals surface area contributed by atoms with Crippen molar-refractivity contribution in [3.05, 3.63) is 119 Å². The smallest absolute Gasteiger partial charge is 0.311 e. The molecule has 4 nitrogen and oxygen atoms in total. The molecule has 5 aromatic carbocycles. The van der Waals surface area contributed by atoms with Gasteiger partial charge >= 0.3 is 6.85 Å². The molecular formula is C32H22BN3O. The highest BCUT2D eigenvalue weighted by molar-refractivity contribution is 6.88. The minimum absolute atomic E-state index is 0.0699. The third-order valence-corrected chi connectivity index (χ3v) is 8.90. The topological polar surface area (TPSA) is 30.2 Å². The molecule has 174 valence electrons. The van der Waals surface area contributed by atoms with Crippen LogP contribution in [0.3, 0.4) is 0 Å². The summed E-state index contributed by atoms with van der Waals surface area (Å²) in [5.74, 6) is 0. The summed E-state index contributed by atoms with van der Waals surface area (Å²) >= 11 is 0. The van der Waals surface area contributed by atoms with E-state index in [0.29, 0.717) is 0 Å². The van der Waals surface area contributed by atoms with E-state index in [2.05, 4.69) is 108 Å². The van der Waals surface area contributed by atoms with Gasteiger partial charge in [0.15, 0.2) is 0 Å². The highest BCUT2D eigenvalue weighted by Gasteiger charge is 2.50. The SMILES string of the molecule is CC1(C)c2ccccc2N2c3ccccc3B3c4c(ccc1c42)-n1c2ccc4ccccc4c2c(=O)n13. The number of aromatic nitrogens is 2. The molecule has 0 atom stereocenters. The summed E-state index contributed by atoms with van der Waals surface area (Å²) in [4.78, 5) is 16.8. The van der Waals surface area contributed by atoms with E-state index in [9.17, 15) is 4.79 Å². The van der Waals surface area contributed by atoms with Gasteiger partial charge in [-0.3, -0.25) is 14.1 Å². The standard InChI is InChI=1S/C32H22BN3O/c1-32(2)21-11-5-7-13-24(21)34-25-14-8-6-12-23(25)33-29-27(18-16-22(32)30(29)34)35-26-17-15-19-9-3-4-10-20(19)28(26)31(37)36(33)35/h3-18H,1-2H3. The van der Waals surface area contributed by atoms with E-state index in [0.717, 1.165) is 38.5 Å². The maximum atomic E-state index is 14.3. The fourth-order valence-electron chi connectivity index (χ4n) is 7.30. The first kappa shape index (κ1) is 19.7. The first-order valence-electron chi connectivity index (χ1n) is 12.9. The molecule has 0 bridgehead atoms. The molecule has 4 heterocycles. The zero-order valence-corrected chi connectivity index (χ0v) is 20.6. The zero-order chi connectivity index (χ0) is 24.6. The molecular weight excluding hydrogens is 453 g/mol. The molecule has 0 aliphatic carbocycles. The van der Waals surface area contributed by atoms with Crippen molar-refractivity contribution in [1.82, 2.24) is 9.27 Å². The van der Waals surface area contributed by atoms with E-state index < -0.39 is 0 Å². The second kappa shape index (κ2) is 6.24. The van der Waals surface area contributed by atoms with Crippen LogP contribution in [0.5, 0.6) is 0 Å². The Balaban J connectivity index is 1.48. The highest BCUT2D eigenvalue weighted by atomic mass is 16.1. The Kier molecular flexibility index (Phi) is 3.32. The first-order valence-corrected chi connectivity index (χ1v) is 12.9. The van der Waals surface area contributed by atoms with E-state index in [-0.39, 0.29) is 17.8 Å². The molecule has 9 rings (SSSR count). The fourth-order valence-corrected chi connectivity index (χ4v) is 7.30. The lowest BCUT2D eigenvalue weighted by atomic mass is 9.47. The lowest BCUT2D eigenvalue weighted by Crippen LogP contribution is -2.56. The Labute approximate surface area is 214 Å². The van der Waals surface area contributed by atoms with Crippen molar-refractivity contribution in [2.45, 2.75) is 19.3 Å². The Bertz CT molecular complexity index is 2070. The summed E-state index contributed by atoms with van der Waals surface area (Å²) in [6.07, 6.45) is 0. The summed E-state index contributed by atoms with van der Waals surface area (Å²) in [6.45, 7) is 4.47. The molecule has 0 unspecified atom stereocenters. The van der Waals surface area contributed by atoms with Crippen LogP contribution in [-0.2, 0) is 5.41 Å². The zero-order valence-electron chi connectivity index (χ0n) is 20.6. The maximum Gasteiger partial charge on any atom is 0.357 e. The van der Waals surface area contributed by atoms with Gasteiger partial charge in [0.1, 0.15) is 0 Å². The summed E-state index contributed by atoms with van der Waals surface area (Å²) in [7, 11) is 0. The monoisotopic (exact) mass is 475 g/mol. The number of hydrogen-bond acceptors (Lipinski definition) is 2. The molecule has 6 aromatic rings. The first-order chi connectivity index (χ1) is 18.1. The number of rotatable bonds is 0. The molecule has 0 radical (unpaired) electrons. The van der Waals surface area contributed by atoms with Crippen molar-refractivity contribution < 1.29 is 0 Å². The summed E-state index contributed by atoms with van der Waals surface area (Å²) in [6, 6.07) is 34.3. The van der Waals surface area contributed by atoms with Gasteiger partial charge in [0.25, 0.3) is 5.56 Å². The van der Waals surface area contributed by atoms with E-state index in [1.165, 1.54) is 28.0 Å². The van der Waals surface area contributed by atoms with Gasteiger partial charge in [0.2, 0.25) is 0 Å². The molecule has 0 amide bonds. The molecule has 0 saturated carbocycles. The van der Waals surface area contributed by atoms with E-state index in [1.807, 2.05) is 16.7 Å². The lowest BCUT2D eigenvalue weighted by molar-refractivity contribution is 0.632. The summed E-state index contributed by atoms with van der Waals surface area (Å²) in [5, 5.41) is 2.91. The number of hydrogen-bond donors (Lipinski definition) is 0. The van der Waals surface area contributed by atoms with Crippen molar-refractivity contribution in [1.29, 1.82) is 0 Å². The van der Waals surface area contributed by atoms with E-state index >= 15 is 0 Å². The number of nitrogens with zero attached hydrogens (tertiary/aromatic N) is 3. The number of fused-ring (bicyclic) bond motifs is 12. The van der Waals surface area contributed by atoms with Crippen LogP contribution in [0, 0.1) is 0 Å². The molecule has 3 aliphatic heterocycles. The summed E-state index contributed by atoms with van der Waals surface area (Å²) in [5.41, 5.74) is 10.6. The van der Waals surface area contributed by atoms with Crippen LogP contribution < -0.4 is 21.4 Å². The average Bonchev–Trinajstić information content (AvgIpc) is 3.43. The van der Waals surface area contributed by atoms with Gasteiger partial charge in [-0.1, -0.05) is 86.6 Å². The largest absolute Gasteiger partial charge is 0.357 e. The second-order valence-electron chi connectivity index (χ2n) is 11.0. The Morgan fingerprint density at radius 2 is 1.46 bits per heavy atom. The third-order valence-electron chi connectivity index (χ3n) is 8.90. The van der Waals surface area contributed by atoms with Crippen LogP contribution in [0.15, 0.2) is 102 Å². The molecule has 0 fully saturated rings. The van der Waals surface area contributed by atoms with Gasteiger partial charge in [0.05, 0.1) is 22.3 Å². The van der Waals surface area contributed by atoms with E-state index in [4.69, 9.17) is 0 Å². The number of anilines is 3. The van der Waals surface area contributed by atoms with Gasteiger partial charge in [-0.15, -0.1) is 0 Å². The molecule has 0 spiro atoms. The Hall–Kier alpha value is -4.51. The van der Waals surface area contributed by atoms with Crippen LogP contribution in [-0.4, -0.2) is 16.1 Å². The van der Waals surface area contributed by atoms with Gasteiger partial charge in [-0.25, -0.2) is 0 Å². The van der Waals surface area contributed by atoms with E-state index in [1.54, 1.807) is 0 Å². The van der Waals surface area contributed by atoms with Gasteiger partial charge in [-0.05, 0) is 51.6 Å². The molecule has 0 saturated heterocycles. The molecule has 0 N–H and O–H groups in total. The fraction of sp³-hybridized carbons (Fsp3) is 0.0938. The van der Waals surface area contributed by atoms with Crippen LogP contribution in [0.4, 0.5) is 17.1 Å². The molecule has 1 aromatic heterocycles. The predicted molar refractivity (Wildman–Crippen MR) is 152 cm³/mol. The van der Waals surface area contributed by atoms with Crippen LogP contribution >= 0.6 is 0 Å². The van der Waals surface area contributed by atoms with Crippen molar-refractivity contribution in [3.8, 4) is 5.69 Å². The van der Waals surface area contributed by atoms with Crippen molar-refractivity contribution >= 4 is 56.5 Å². The Morgan fingerprint density at radius 1 is 0.703 bits per heavy atom. The quantitative estimate of drug-likeness (QED) is 0.278. The minimum atomic E-state index is -0.169. The van der Waals surface area contributed by atoms with Crippen LogP contribution in [0.1, 0.15) is 25.0 Å². The molecule has 5 heteroatoms. The number of benzene rings is 5. The van der Waals surface area contributed by atoms with Crippen LogP contribution in [0.2, 0.25) is 0 Å². The second-order valence-corrected chi connectivity index (χ2v) is 11.0. The highest BCUT2D eigenvalue weighted by Crippen LogP contribution is 2.53. The lowest BCUT2D eigenvalue weighted by Gasteiger charge is -2.46. The van der Waals surface area contributed by atoms with Crippen LogP contribution in [0.25, 0.3) is 27.4 Å². The average molecular weight is 475 g/mol. The molecule has 37 heavy (non-hydrogen) atoms. The van der Waals surface area contributed by atoms with Crippen molar-refractivity contribution in [2.75, 3.05) is 4.90 Å². The number of para-hydroxylation sites is 2. The summed E-state index contributed by atoms with van der Waals surface area (Å²) < 4.78 is 4.18. The predicted octanol–water partition coefficient (Wildman–Crippen LogP) is 5.34. The third kappa shape index (κ3) is 2.09. The van der Waals surface area contributed by atoms with Crippen molar-refractivity contribution in [3.63, 3.8) is 0 Å². The minimum Gasteiger partial charge on any atom is -0.311 e. The van der Waals surface area contributed by atoms with Gasteiger partial charge in [-0.2, -0.15) is 0 Å². The van der Waals surface area contributed by atoms with Gasteiger partial charge in [0, 0.05) is 22.3 Å². The normalized spacial score (nSPS) is 15.5. The maximum absolute atomic E-state index is 14.3. The van der Waals surface area contributed by atoms with Crippen molar-refractivity contribution in [2.24, 2.45) is 0 Å². The molecule has 3 aliphatic rings.